The van der Waals surface area contributed by atoms with Crippen molar-refractivity contribution in [3.05, 3.63) is 29.8 Å². The van der Waals surface area contributed by atoms with Gasteiger partial charge in [0, 0.05) is 12.8 Å². The molecule has 0 spiro atoms. The highest BCUT2D eigenvalue weighted by Gasteiger charge is 2.24. The number of benzene rings is 1. The summed E-state index contributed by atoms with van der Waals surface area (Å²) in [5.74, 6) is 1.60. The van der Waals surface area contributed by atoms with Crippen molar-refractivity contribution >= 4 is 6.21 Å². The van der Waals surface area contributed by atoms with Crippen molar-refractivity contribution in [2.75, 3.05) is 19.8 Å². The number of aliphatic imine (C=N–C) groups is 1. The van der Waals surface area contributed by atoms with E-state index in [1.54, 1.807) is 0 Å². The highest BCUT2D eigenvalue weighted by Crippen LogP contribution is 2.33. The molecular formula is C22H31NO4. The zero-order chi connectivity index (χ0) is 18.3. The van der Waals surface area contributed by atoms with Crippen LogP contribution < -0.4 is 4.74 Å². The molecule has 1 saturated heterocycles. The van der Waals surface area contributed by atoms with Crippen LogP contribution in [0.4, 0.5) is 0 Å². The van der Waals surface area contributed by atoms with E-state index in [-0.39, 0.29) is 18.6 Å². The third-order valence-electron chi connectivity index (χ3n) is 5.68. The smallest absolute Gasteiger partial charge is 0.182 e. The Morgan fingerprint density at radius 1 is 0.926 bits per heavy atom. The fraction of sp³-hybridized carbons (Fsp3) is 0.682. The maximum atomic E-state index is 5.87. The molecule has 4 rings (SSSR count). The molecule has 1 aromatic rings. The number of hydrogen-bond donors (Lipinski definition) is 0. The van der Waals surface area contributed by atoms with Crippen LogP contribution in [0.15, 0.2) is 29.3 Å². The molecule has 2 aliphatic heterocycles. The fourth-order valence-electron chi connectivity index (χ4n) is 4.11. The summed E-state index contributed by atoms with van der Waals surface area (Å²) in [4.78, 5) is 4.39. The Balaban J connectivity index is 1.16. The van der Waals surface area contributed by atoms with Gasteiger partial charge in [-0.2, -0.15) is 0 Å². The van der Waals surface area contributed by atoms with Gasteiger partial charge in [0.15, 0.2) is 12.5 Å². The molecule has 3 aliphatic rings. The predicted molar refractivity (Wildman–Crippen MR) is 104 cm³/mol. The second-order valence-electron chi connectivity index (χ2n) is 7.77. The minimum absolute atomic E-state index is 0.0891. The van der Waals surface area contributed by atoms with Crippen LogP contribution in [0.3, 0.4) is 0 Å². The monoisotopic (exact) mass is 373 g/mol. The van der Waals surface area contributed by atoms with Crippen molar-refractivity contribution in [1.29, 1.82) is 0 Å². The lowest BCUT2D eigenvalue weighted by Crippen LogP contribution is -2.29. The fourth-order valence-corrected chi connectivity index (χ4v) is 4.11. The van der Waals surface area contributed by atoms with E-state index in [4.69, 9.17) is 18.9 Å². The van der Waals surface area contributed by atoms with Crippen molar-refractivity contribution in [2.45, 2.75) is 75.9 Å². The van der Waals surface area contributed by atoms with Crippen molar-refractivity contribution in [2.24, 2.45) is 4.99 Å². The van der Waals surface area contributed by atoms with E-state index < -0.39 is 0 Å². The van der Waals surface area contributed by atoms with Gasteiger partial charge in [-0.3, -0.25) is 4.99 Å². The SMILES string of the molecule is C1=NC(COc2ccc(C3CCCCC3)cc2)OC1CO[C@H]1CCCCO1. The molecule has 1 aromatic carbocycles. The lowest BCUT2D eigenvalue weighted by atomic mass is 9.84. The number of hydrogen-bond acceptors (Lipinski definition) is 5. The molecule has 1 saturated carbocycles. The molecule has 0 N–H and O–H groups in total. The first kappa shape index (κ1) is 18.9. The van der Waals surface area contributed by atoms with E-state index in [9.17, 15) is 0 Å². The van der Waals surface area contributed by atoms with E-state index >= 15 is 0 Å². The molecule has 2 fully saturated rings. The van der Waals surface area contributed by atoms with E-state index in [0.29, 0.717) is 13.2 Å². The Labute approximate surface area is 162 Å². The molecule has 3 atom stereocenters. The van der Waals surface area contributed by atoms with Crippen molar-refractivity contribution < 1.29 is 18.9 Å². The first-order valence-electron chi connectivity index (χ1n) is 10.5. The Kier molecular flexibility index (Phi) is 6.77. The summed E-state index contributed by atoms with van der Waals surface area (Å²) in [5.41, 5.74) is 1.44. The van der Waals surface area contributed by atoms with Gasteiger partial charge < -0.3 is 18.9 Å². The lowest BCUT2D eigenvalue weighted by Gasteiger charge is -2.23. The highest BCUT2D eigenvalue weighted by atomic mass is 16.7. The van der Waals surface area contributed by atoms with E-state index in [2.05, 4.69) is 29.3 Å². The van der Waals surface area contributed by atoms with Crippen LogP contribution in [0, 0.1) is 0 Å². The Morgan fingerprint density at radius 2 is 1.74 bits per heavy atom. The van der Waals surface area contributed by atoms with Crippen LogP contribution in [0.2, 0.25) is 0 Å². The van der Waals surface area contributed by atoms with E-state index in [1.807, 2.05) is 6.21 Å². The largest absolute Gasteiger partial charge is 0.489 e. The molecule has 148 valence electrons. The average Bonchev–Trinajstić information content (AvgIpc) is 3.20. The summed E-state index contributed by atoms with van der Waals surface area (Å²) in [6.07, 6.45) is 11.4. The van der Waals surface area contributed by atoms with Crippen LogP contribution in [0.1, 0.15) is 62.8 Å². The van der Waals surface area contributed by atoms with Gasteiger partial charge in [0.05, 0.1) is 6.61 Å². The summed E-state index contributed by atoms with van der Waals surface area (Å²) in [5, 5.41) is 0. The molecule has 0 bridgehead atoms. The van der Waals surface area contributed by atoms with Gasteiger partial charge in [-0.15, -0.1) is 0 Å². The molecular weight excluding hydrogens is 342 g/mol. The number of ether oxygens (including phenoxy) is 4. The first-order valence-corrected chi connectivity index (χ1v) is 10.5. The van der Waals surface area contributed by atoms with Gasteiger partial charge in [-0.25, -0.2) is 0 Å². The average molecular weight is 373 g/mol. The molecule has 0 amide bonds. The molecule has 27 heavy (non-hydrogen) atoms. The van der Waals surface area contributed by atoms with Gasteiger partial charge >= 0.3 is 0 Å². The normalized spacial score (nSPS) is 29.1. The minimum atomic E-state index is -0.260. The third kappa shape index (κ3) is 5.53. The van der Waals surface area contributed by atoms with Gasteiger partial charge in [0.2, 0.25) is 0 Å². The number of rotatable bonds is 7. The second-order valence-corrected chi connectivity index (χ2v) is 7.77. The summed E-state index contributed by atoms with van der Waals surface area (Å²) >= 11 is 0. The molecule has 5 nitrogen and oxygen atoms in total. The van der Waals surface area contributed by atoms with Gasteiger partial charge in [-0.1, -0.05) is 31.4 Å². The third-order valence-corrected chi connectivity index (χ3v) is 5.68. The predicted octanol–water partition coefficient (Wildman–Crippen LogP) is 4.45. The van der Waals surface area contributed by atoms with Gasteiger partial charge in [0.1, 0.15) is 18.5 Å². The second kappa shape index (κ2) is 9.67. The molecule has 0 radical (unpaired) electrons. The molecule has 1 aliphatic carbocycles. The summed E-state index contributed by atoms with van der Waals surface area (Å²) in [6, 6.07) is 8.57. The number of nitrogens with zero attached hydrogens (tertiary/aromatic N) is 1. The van der Waals surface area contributed by atoms with Crippen LogP contribution >= 0.6 is 0 Å². The minimum Gasteiger partial charge on any atom is -0.489 e. The van der Waals surface area contributed by atoms with Gasteiger partial charge in [-0.05, 0) is 55.7 Å². The molecule has 2 unspecified atom stereocenters. The van der Waals surface area contributed by atoms with Gasteiger partial charge in [0.25, 0.3) is 0 Å². The first-order chi connectivity index (χ1) is 13.4. The van der Waals surface area contributed by atoms with Crippen LogP contribution in [-0.4, -0.2) is 44.7 Å². The summed E-state index contributed by atoms with van der Waals surface area (Å²) in [7, 11) is 0. The van der Waals surface area contributed by atoms with E-state index in [0.717, 1.165) is 31.1 Å². The Morgan fingerprint density at radius 3 is 2.52 bits per heavy atom. The van der Waals surface area contributed by atoms with Crippen molar-refractivity contribution in [3.63, 3.8) is 0 Å². The van der Waals surface area contributed by atoms with E-state index in [1.165, 1.54) is 44.1 Å². The quantitative estimate of drug-likeness (QED) is 0.708. The Bertz CT molecular complexity index is 591. The maximum absolute atomic E-state index is 5.87. The zero-order valence-corrected chi connectivity index (χ0v) is 16.1. The molecule has 0 aromatic heterocycles. The van der Waals surface area contributed by atoms with Crippen LogP contribution in [0.25, 0.3) is 0 Å². The maximum Gasteiger partial charge on any atom is 0.182 e. The van der Waals surface area contributed by atoms with Crippen molar-refractivity contribution in [3.8, 4) is 5.75 Å². The lowest BCUT2D eigenvalue weighted by molar-refractivity contribution is -0.175. The zero-order valence-electron chi connectivity index (χ0n) is 16.1. The van der Waals surface area contributed by atoms with Crippen LogP contribution in [0.5, 0.6) is 5.75 Å². The standard InChI is InChI=1S/C22H31NO4/c1-2-6-17(7-3-1)18-9-11-19(12-10-18)25-16-21-23-14-20(27-21)15-26-22-8-4-5-13-24-22/h9-12,14,17,20-22H,1-8,13,15-16H2/t20?,21?,22-/m0/s1. The van der Waals surface area contributed by atoms with Crippen molar-refractivity contribution in [1.82, 2.24) is 0 Å². The van der Waals surface area contributed by atoms with Crippen LogP contribution in [-0.2, 0) is 14.2 Å². The molecule has 5 heteroatoms. The highest BCUT2D eigenvalue weighted by molar-refractivity contribution is 5.65. The summed E-state index contributed by atoms with van der Waals surface area (Å²) in [6.45, 7) is 1.71. The topological polar surface area (TPSA) is 49.3 Å². The molecule has 2 heterocycles. The summed E-state index contributed by atoms with van der Waals surface area (Å²) < 4.78 is 23.1. The Hall–Kier alpha value is -1.43.